The zero-order valence-electron chi connectivity index (χ0n) is 10.2. The normalized spacial score (nSPS) is 10.1. The van der Waals surface area contributed by atoms with Gasteiger partial charge in [0.1, 0.15) is 0 Å². The molecular weight excluding hydrogens is 289 g/mol. The molecule has 0 fully saturated rings. The van der Waals surface area contributed by atoms with E-state index in [9.17, 15) is 9.59 Å². The molecule has 0 aliphatic heterocycles. The van der Waals surface area contributed by atoms with Crippen molar-refractivity contribution in [1.82, 2.24) is 10.6 Å². The maximum atomic E-state index is 11.4. The first-order valence-electron chi connectivity index (χ1n) is 5.71. The minimum absolute atomic E-state index is 0.0910. The van der Waals surface area contributed by atoms with Crippen molar-refractivity contribution in [1.29, 1.82) is 0 Å². The number of hydrogen-bond acceptors (Lipinski definition) is 3. The van der Waals surface area contributed by atoms with Crippen molar-refractivity contribution in [3.05, 3.63) is 33.8 Å². The van der Waals surface area contributed by atoms with Gasteiger partial charge < -0.3 is 16.4 Å². The molecule has 0 aliphatic carbocycles. The van der Waals surface area contributed by atoms with E-state index in [0.29, 0.717) is 23.0 Å². The summed E-state index contributed by atoms with van der Waals surface area (Å²) in [7, 11) is 0. The number of hydrogen-bond donors (Lipinski definition) is 3. The van der Waals surface area contributed by atoms with E-state index in [0.717, 1.165) is 5.56 Å². The fourth-order valence-electron chi connectivity index (χ4n) is 1.41. The van der Waals surface area contributed by atoms with E-state index in [1.54, 1.807) is 18.2 Å². The number of nitrogens with one attached hydrogen (secondary N) is 2. The Hall–Kier alpha value is -1.30. The van der Waals surface area contributed by atoms with Crippen LogP contribution in [0.2, 0.25) is 10.0 Å². The Morgan fingerprint density at radius 3 is 2.32 bits per heavy atom. The number of halogens is 2. The van der Waals surface area contributed by atoms with Crippen molar-refractivity contribution in [3.63, 3.8) is 0 Å². The molecule has 0 bridgehead atoms. The molecule has 0 radical (unpaired) electrons. The third-order valence-corrected chi connectivity index (χ3v) is 3.10. The van der Waals surface area contributed by atoms with Crippen LogP contribution in [0.5, 0.6) is 0 Å². The highest BCUT2D eigenvalue weighted by Crippen LogP contribution is 2.24. The second-order valence-electron chi connectivity index (χ2n) is 3.78. The van der Waals surface area contributed by atoms with Gasteiger partial charge in [0.15, 0.2) is 0 Å². The van der Waals surface area contributed by atoms with Crippen LogP contribution in [0.4, 0.5) is 0 Å². The monoisotopic (exact) mass is 303 g/mol. The molecule has 1 aromatic carbocycles. The Morgan fingerprint density at radius 1 is 1.11 bits per heavy atom. The average molecular weight is 304 g/mol. The molecule has 0 atom stereocenters. The zero-order chi connectivity index (χ0) is 14.3. The second kappa shape index (κ2) is 7.99. The summed E-state index contributed by atoms with van der Waals surface area (Å²) in [6.07, 6.45) is 0.523. The van der Waals surface area contributed by atoms with E-state index in [2.05, 4.69) is 10.6 Å². The van der Waals surface area contributed by atoms with Crippen LogP contribution >= 0.6 is 23.2 Å². The van der Waals surface area contributed by atoms with E-state index < -0.39 is 0 Å². The topological polar surface area (TPSA) is 84.2 Å². The molecule has 2 amide bonds. The van der Waals surface area contributed by atoms with Gasteiger partial charge in [0.05, 0.1) is 13.1 Å². The smallest absolute Gasteiger partial charge is 0.239 e. The summed E-state index contributed by atoms with van der Waals surface area (Å²) in [6, 6.07) is 5.24. The Labute approximate surface area is 121 Å². The number of amides is 2. The Morgan fingerprint density at radius 2 is 1.74 bits per heavy atom. The van der Waals surface area contributed by atoms with Gasteiger partial charge in [-0.1, -0.05) is 29.3 Å². The van der Waals surface area contributed by atoms with Crippen LogP contribution < -0.4 is 16.4 Å². The third-order valence-electron chi connectivity index (χ3n) is 2.39. The van der Waals surface area contributed by atoms with Crippen LogP contribution in [0, 0.1) is 0 Å². The highest BCUT2D eigenvalue weighted by atomic mass is 35.5. The molecule has 104 valence electrons. The predicted molar refractivity (Wildman–Crippen MR) is 75.2 cm³/mol. The van der Waals surface area contributed by atoms with E-state index >= 15 is 0 Å². The lowest BCUT2D eigenvalue weighted by Crippen LogP contribution is -2.40. The first kappa shape index (κ1) is 15.8. The number of carbonyl (C=O) groups excluding carboxylic acids is 2. The van der Waals surface area contributed by atoms with Gasteiger partial charge in [0.2, 0.25) is 11.8 Å². The number of benzene rings is 1. The summed E-state index contributed by atoms with van der Waals surface area (Å²) in [4.78, 5) is 22.2. The quantitative estimate of drug-likeness (QED) is 0.724. The van der Waals surface area contributed by atoms with Gasteiger partial charge in [-0.15, -0.1) is 0 Å². The Balaban J connectivity index is 2.34. The molecule has 5 nitrogen and oxygen atoms in total. The first-order valence-corrected chi connectivity index (χ1v) is 6.46. The van der Waals surface area contributed by atoms with Gasteiger partial charge >= 0.3 is 0 Å². The van der Waals surface area contributed by atoms with Crippen molar-refractivity contribution < 1.29 is 9.59 Å². The van der Waals surface area contributed by atoms with Gasteiger partial charge in [0.25, 0.3) is 0 Å². The van der Waals surface area contributed by atoms with Gasteiger partial charge in [-0.05, 0) is 24.1 Å². The summed E-state index contributed by atoms with van der Waals surface area (Å²) < 4.78 is 0. The third kappa shape index (κ3) is 5.46. The Kier molecular flexibility index (Phi) is 6.62. The van der Waals surface area contributed by atoms with E-state index in [1.165, 1.54) is 0 Å². The van der Waals surface area contributed by atoms with Crippen LogP contribution in [0.1, 0.15) is 5.56 Å². The van der Waals surface area contributed by atoms with Gasteiger partial charge in [-0.3, -0.25) is 9.59 Å². The predicted octanol–water partition coefficient (Wildman–Crippen LogP) is 0.727. The molecule has 0 aromatic heterocycles. The summed E-state index contributed by atoms with van der Waals surface area (Å²) >= 11 is 12.0. The molecule has 0 saturated heterocycles. The van der Waals surface area contributed by atoms with Crippen molar-refractivity contribution >= 4 is 35.0 Å². The number of rotatable bonds is 6. The second-order valence-corrected chi connectivity index (χ2v) is 4.60. The average Bonchev–Trinajstić information content (AvgIpc) is 2.39. The maximum absolute atomic E-state index is 11.4. The number of nitrogens with two attached hydrogens (primary N) is 1. The molecule has 1 rings (SSSR count). The minimum Gasteiger partial charge on any atom is -0.354 e. The van der Waals surface area contributed by atoms with Crippen LogP contribution in [0.3, 0.4) is 0 Å². The summed E-state index contributed by atoms with van der Waals surface area (Å²) in [5.41, 5.74) is 5.88. The van der Waals surface area contributed by atoms with Crippen molar-refractivity contribution in [2.75, 3.05) is 19.6 Å². The van der Waals surface area contributed by atoms with Crippen molar-refractivity contribution in [2.45, 2.75) is 6.42 Å². The summed E-state index contributed by atoms with van der Waals surface area (Å²) in [5.74, 6) is -0.658. The van der Waals surface area contributed by atoms with Crippen molar-refractivity contribution in [3.8, 4) is 0 Å². The Bertz CT molecular complexity index is 446. The SMILES string of the molecule is NCC(=O)NCC(=O)NCCc1c(Cl)cccc1Cl. The lowest BCUT2D eigenvalue weighted by Gasteiger charge is -2.08. The highest BCUT2D eigenvalue weighted by Gasteiger charge is 2.07. The lowest BCUT2D eigenvalue weighted by molar-refractivity contribution is -0.125. The van der Waals surface area contributed by atoms with Crippen LogP contribution in [0.25, 0.3) is 0 Å². The first-order chi connectivity index (χ1) is 9.04. The van der Waals surface area contributed by atoms with Crippen molar-refractivity contribution in [2.24, 2.45) is 5.73 Å². The van der Waals surface area contributed by atoms with Gasteiger partial charge in [-0.2, -0.15) is 0 Å². The summed E-state index contributed by atoms with van der Waals surface area (Å²) in [5, 5.41) is 6.16. The molecular formula is C12H15Cl2N3O2. The molecule has 19 heavy (non-hydrogen) atoms. The lowest BCUT2D eigenvalue weighted by atomic mass is 10.1. The van der Waals surface area contributed by atoms with Crippen LogP contribution in [-0.4, -0.2) is 31.4 Å². The zero-order valence-corrected chi connectivity index (χ0v) is 11.7. The maximum Gasteiger partial charge on any atom is 0.239 e. The van der Waals surface area contributed by atoms with Gasteiger partial charge in [-0.25, -0.2) is 0 Å². The molecule has 0 heterocycles. The van der Waals surface area contributed by atoms with E-state index in [1.807, 2.05) is 0 Å². The number of carbonyl (C=O) groups is 2. The molecule has 0 unspecified atom stereocenters. The molecule has 7 heteroatoms. The minimum atomic E-state index is -0.371. The highest BCUT2D eigenvalue weighted by molar-refractivity contribution is 6.35. The van der Waals surface area contributed by atoms with Crippen LogP contribution in [0.15, 0.2) is 18.2 Å². The van der Waals surface area contributed by atoms with Gasteiger partial charge in [0, 0.05) is 16.6 Å². The molecule has 0 saturated carbocycles. The largest absolute Gasteiger partial charge is 0.354 e. The molecule has 1 aromatic rings. The molecule has 4 N–H and O–H groups in total. The molecule has 0 spiro atoms. The summed E-state index contributed by atoms with van der Waals surface area (Å²) in [6.45, 7) is 0.162. The standard InChI is InChI=1S/C12H15Cl2N3O2/c13-9-2-1-3-10(14)8(9)4-5-16-12(19)7-17-11(18)6-15/h1-3H,4-7,15H2,(H,16,19)(H,17,18). The van der Waals surface area contributed by atoms with E-state index in [4.69, 9.17) is 28.9 Å². The molecule has 0 aliphatic rings. The fraction of sp³-hybridized carbons (Fsp3) is 0.333. The van der Waals surface area contributed by atoms with Crippen LogP contribution in [-0.2, 0) is 16.0 Å². The fourth-order valence-corrected chi connectivity index (χ4v) is 2.00. The van der Waals surface area contributed by atoms with E-state index in [-0.39, 0.29) is 24.9 Å².